The average Bonchev–Trinajstić information content (AvgIpc) is 3.09. The minimum absolute atomic E-state index is 0.156. The molecule has 0 radical (unpaired) electrons. The maximum Gasteiger partial charge on any atom is 0.253 e. The van der Waals surface area contributed by atoms with Crippen LogP contribution in [-0.4, -0.2) is 25.9 Å². The second-order valence-electron chi connectivity index (χ2n) is 4.99. The molecule has 0 saturated heterocycles. The first-order valence-corrected chi connectivity index (χ1v) is 7.40. The molecule has 0 spiro atoms. The van der Waals surface area contributed by atoms with Gasteiger partial charge in [-0.1, -0.05) is 28.9 Å². The normalized spacial score (nSPS) is 11.9. The van der Waals surface area contributed by atoms with Crippen LogP contribution in [0.2, 0.25) is 5.02 Å². The molecule has 2 heterocycles. The van der Waals surface area contributed by atoms with Crippen LogP contribution in [-0.2, 0) is 0 Å². The number of hydrogen-bond acceptors (Lipinski definition) is 4. The van der Waals surface area contributed by atoms with E-state index in [0.717, 1.165) is 11.3 Å². The van der Waals surface area contributed by atoms with E-state index < -0.39 is 0 Å². The number of pyridine rings is 1. The lowest BCUT2D eigenvalue weighted by atomic mass is 10.1. The van der Waals surface area contributed by atoms with Gasteiger partial charge in [0.15, 0.2) is 0 Å². The zero-order chi connectivity index (χ0) is 16.2. The van der Waals surface area contributed by atoms with E-state index in [-0.39, 0.29) is 11.9 Å². The molecule has 2 aromatic heterocycles. The van der Waals surface area contributed by atoms with Gasteiger partial charge < -0.3 is 5.32 Å². The monoisotopic (exact) mass is 327 g/mol. The fourth-order valence-corrected chi connectivity index (χ4v) is 2.38. The van der Waals surface area contributed by atoms with Crippen LogP contribution in [0.25, 0.3) is 5.69 Å². The van der Waals surface area contributed by atoms with Crippen LogP contribution in [0.15, 0.2) is 55.1 Å². The first kappa shape index (κ1) is 15.2. The van der Waals surface area contributed by atoms with E-state index in [4.69, 9.17) is 11.6 Å². The maximum atomic E-state index is 12.3. The van der Waals surface area contributed by atoms with E-state index in [1.807, 2.05) is 31.2 Å². The zero-order valence-corrected chi connectivity index (χ0v) is 13.1. The van der Waals surface area contributed by atoms with E-state index in [1.165, 1.54) is 6.20 Å². The molecule has 1 aromatic carbocycles. The number of halogens is 1. The number of amides is 1. The van der Waals surface area contributed by atoms with Crippen LogP contribution in [0.5, 0.6) is 0 Å². The number of nitrogens with zero attached hydrogens (tertiary/aromatic N) is 4. The summed E-state index contributed by atoms with van der Waals surface area (Å²) in [6, 6.07) is 9.17. The third-order valence-electron chi connectivity index (χ3n) is 3.44. The minimum Gasteiger partial charge on any atom is -0.345 e. The van der Waals surface area contributed by atoms with Gasteiger partial charge in [-0.2, -0.15) is 0 Å². The van der Waals surface area contributed by atoms with Crippen LogP contribution in [0.3, 0.4) is 0 Å². The summed E-state index contributed by atoms with van der Waals surface area (Å²) in [6.45, 7) is 1.91. The standard InChI is InChI=1S/C16H14ClN5O/c1-11(20-16(23)14-6-7-18-10-15(14)17)12-2-4-13(5-3-12)22-9-8-19-21-22/h2-11H,1H3,(H,20,23)/t11-/m1/s1. The molecule has 0 unspecified atom stereocenters. The fraction of sp³-hybridized carbons (Fsp3) is 0.125. The van der Waals surface area contributed by atoms with Crippen molar-refractivity contribution >= 4 is 17.5 Å². The highest BCUT2D eigenvalue weighted by molar-refractivity contribution is 6.33. The SMILES string of the molecule is C[C@@H](NC(=O)c1ccncc1Cl)c1ccc(-n2ccnn2)cc1. The Bertz CT molecular complexity index is 802. The molecule has 0 aliphatic rings. The number of nitrogens with one attached hydrogen (secondary N) is 1. The molecular formula is C16H14ClN5O. The number of benzene rings is 1. The Hall–Kier alpha value is -2.73. The van der Waals surface area contributed by atoms with Crippen molar-refractivity contribution in [1.82, 2.24) is 25.3 Å². The summed E-state index contributed by atoms with van der Waals surface area (Å²) in [5.41, 5.74) is 2.29. The Kier molecular flexibility index (Phi) is 4.34. The summed E-state index contributed by atoms with van der Waals surface area (Å²) in [6.07, 6.45) is 6.38. The summed E-state index contributed by atoms with van der Waals surface area (Å²) >= 11 is 5.99. The van der Waals surface area contributed by atoms with Gasteiger partial charge in [0.1, 0.15) is 0 Å². The average molecular weight is 328 g/mol. The molecule has 3 aromatic rings. The summed E-state index contributed by atoms with van der Waals surface area (Å²) in [7, 11) is 0. The Morgan fingerprint density at radius 3 is 2.65 bits per heavy atom. The molecule has 116 valence electrons. The Morgan fingerprint density at radius 2 is 2.00 bits per heavy atom. The number of aromatic nitrogens is 4. The van der Waals surface area contributed by atoms with Crippen LogP contribution in [0.1, 0.15) is 28.9 Å². The largest absolute Gasteiger partial charge is 0.345 e. The van der Waals surface area contributed by atoms with Gasteiger partial charge in [0.25, 0.3) is 5.91 Å². The Balaban J connectivity index is 1.72. The second-order valence-corrected chi connectivity index (χ2v) is 5.40. The van der Waals surface area contributed by atoms with Gasteiger partial charge in [0, 0.05) is 12.4 Å². The van der Waals surface area contributed by atoms with Crippen molar-refractivity contribution in [2.75, 3.05) is 0 Å². The van der Waals surface area contributed by atoms with Crippen molar-refractivity contribution in [2.24, 2.45) is 0 Å². The van der Waals surface area contributed by atoms with Gasteiger partial charge >= 0.3 is 0 Å². The molecule has 0 bridgehead atoms. The van der Waals surface area contributed by atoms with Crippen LogP contribution < -0.4 is 5.32 Å². The van der Waals surface area contributed by atoms with Gasteiger partial charge in [-0.05, 0) is 30.7 Å². The van der Waals surface area contributed by atoms with Crippen molar-refractivity contribution in [3.63, 3.8) is 0 Å². The maximum absolute atomic E-state index is 12.3. The summed E-state index contributed by atoms with van der Waals surface area (Å²) < 4.78 is 1.67. The van der Waals surface area contributed by atoms with Gasteiger partial charge in [-0.15, -0.1) is 5.10 Å². The smallest absolute Gasteiger partial charge is 0.253 e. The van der Waals surface area contributed by atoms with Crippen LogP contribution >= 0.6 is 11.6 Å². The highest BCUT2D eigenvalue weighted by atomic mass is 35.5. The lowest BCUT2D eigenvalue weighted by molar-refractivity contribution is 0.0940. The molecule has 23 heavy (non-hydrogen) atoms. The van der Waals surface area contributed by atoms with E-state index >= 15 is 0 Å². The third-order valence-corrected chi connectivity index (χ3v) is 3.75. The quantitative estimate of drug-likeness (QED) is 0.799. The van der Waals surface area contributed by atoms with E-state index in [0.29, 0.717) is 10.6 Å². The van der Waals surface area contributed by atoms with Crippen molar-refractivity contribution in [3.05, 3.63) is 71.3 Å². The Morgan fingerprint density at radius 1 is 1.22 bits per heavy atom. The molecule has 6 nitrogen and oxygen atoms in total. The second kappa shape index (κ2) is 6.58. The molecule has 0 aliphatic carbocycles. The van der Waals surface area contributed by atoms with Crippen molar-refractivity contribution < 1.29 is 4.79 Å². The first-order valence-electron chi connectivity index (χ1n) is 7.02. The number of hydrogen-bond donors (Lipinski definition) is 1. The van der Waals surface area contributed by atoms with Crippen LogP contribution in [0.4, 0.5) is 0 Å². The lowest BCUT2D eigenvalue weighted by Gasteiger charge is -2.15. The van der Waals surface area contributed by atoms with Gasteiger partial charge in [0.05, 0.1) is 34.7 Å². The van der Waals surface area contributed by atoms with Crippen molar-refractivity contribution in [1.29, 1.82) is 0 Å². The molecule has 0 saturated carbocycles. The van der Waals surface area contributed by atoms with E-state index in [9.17, 15) is 4.79 Å². The fourth-order valence-electron chi connectivity index (χ4n) is 2.18. The molecule has 0 fully saturated rings. The predicted molar refractivity (Wildman–Crippen MR) is 86.5 cm³/mol. The van der Waals surface area contributed by atoms with Crippen molar-refractivity contribution in [3.8, 4) is 5.69 Å². The molecule has 1 N–H and O–H groups in total. The Labute approximate surface area is 138 Å². The molecule has 1 atom stereocenters. The molecule has 3 rings (SSSR count). The van der Waals surface area contributed by atoms with E-state index in [1.54, 1.807) is 29.3 Å². The zero-order valence-electron chi connectivity index (χ0n) is 12.3. The topological polar surface area (TPSA) is 72.7 Å². The van der Waals surface area contributed by atoms with E-state index in [2.05, 4.69) is 20.6 Å². The summed E-state index contributed by atoms with van der Waals surface area (Å²) in [5.74, 6) is -0.231. The van der Waals surface area contributed by atoms with Crippen LogP contribution in [0, 0.1) is 0 Å². The summed E-state index contributed by atoms with van der Waals surface area (Å²) in [5, 5.41) is 11.0. The molecule has 7 heteroatoms. The van der Waals surface area contributed by atoms with Gasteiger partial charge in [-0.3, -0.25) is 9.78 Å². The molecular weight excluding hydrogens is 314 g/mol. The third kappa shape index (κ3) is 3.37. The number of carbonyl (C=O) groups excluding carboxylic acids is 1. The highest BCUT2D eigenvalue weighted by Gasteiger charge is 2.14. The first-order chi connectivity index (χ1) is 11.1. The summed E-state index contributed by atoms with van der Waals surface area (Å²) in [4.78, 5) is 16.1. The molecule has 0 aliphatic heterocycles. The highest BCUT2D eigenvalue weighted by Crippen LogP contribution is 2.18. The minimum atomic E-state index is -0.231. The number of rotatable bonds is 4. The molecule has 1 amide bonds. The lowest BCUT2D eigenvalue weighted by Crippen LogP contribution is -2.26. The number of carbonyl (C=O) groups is 1. The van der Waals surface area contributed by atoms with Crippen molar-refractivity contribution in [2.45, 2.75) is 13.0 Å². The van der Waals surface area contributed by atoms with Gasteiger partial charge in [-0.25, -0.2) is 4.68 Å². The predicted octanol–water partition coefficient (Wildman–Crippen LogP) is 2.81. The van der Waals surface area contributed by atoms with Gasteiger partial charge in [0.2, 0.25) is 0 Å².